The van der Waals surface area contributed by atoms with Crippen LogP contribution in [0.25, 0.3) is 0 Å². The fourth-order valence-electron chi connectivity index (χ4n) is 2.29. The molecule has 1 aromatic rings. The van der Waals surface area contributed by atoms with Gasteiger partial charge in [-0.1, -0.05) is 0 Å². The number of carbonyl (C=O) groups is 2. The number of likely N-dealkylation sites (N-methyl/N-ethyl adjacent to an activating group) is 1. The minimum absolute atomic E-state index is 0.144. The van der Waals surface area contributed by atoms with Crippen LogP contribution in [0.4, 0.5) is 0 Å². The Morgan fingerprint density at radius 1 is 1.55 bits per heavy atom. The van der Waals surface area contributed by atoms with Gasteiger partial charge in [0.2, 0.25) is 5.91 Å². The zero-order valence-corrected chi connectivity index (χ0v) is 13.1. The van der Waals surface area contributed by atoms with E-state index in [1.807, 2.05) is 17.7 Å². The number of hydrogen-bond donors (Lipinski definition) is 1. The number of ether oxygens (including phenoxy) is 1. The lowest BCUT2D eigenvalue weighted by Gasteiger charge is -2.34. The van der Waals surface area contributed by atoms with Crippen molar-refractivity contribution < 1.29 is 14.3 Å². The summed E-state index contributed by atoms with van der Waals surface area (Å²) in [5.74, 6) is -0.346. The molecular formula is C13H18BrN3O3. The van der Waals surface area contributed by atoms with E-state index in [9.17, 15) is 9.59 Å². The van der Waals surface area contributed by atoms with E-state index in [-0.39, 0.29) is 18.4 Å². The standard InChI is InChI=1S/C13H18BrN3O3/c1-3-16-7-9(14)6-10(16)13(19)17-4-5-20-8-11(17)12(18)15-2/h6-7,11H,3-5,8H2,1-2H3,(H,15,18). The van der Waals surface area contributed by atoms with Crippen molar-refractivity contribution in [3.63, 3.8) is 0 Å². The predicted molar refractivity (Wildman–Crippen MR) is 77.5 cm³/mol. The third kappa shape index (κ3) is 2.88. The van der Waals surface area contributed by atoms with Gasteiger partial charge in [0, 0.05) is 30.8 Å². The smallest absolute Gasteiger partial charge is 0.271 e. The van der Waals surface area contributed by atoms with Gasteiger partial charge in [-0.3, -0.25) is 9.59 Å². The highest BCUT2D eigenvalue weighted by atomic mass is 79.9. The van der Waals surface area contributed by atoms with E-state index in [2.05, 4.69) is 21.2 Å². The number of rotatable bonds is 3. The van der Waals surface area contributed by atoms with Gasteiger partial charge in [-0.15, -0.1) is 0 Å². The summed E-state index contributed by atoms with van der Waals surface area (Å²) in [6, 6.07) is 1.21. The summed E-state index contributed by atoms with van der Waals surface area (Å²) in [5, 5.41) is 2.58. The van der Waals surface area contributed by atoms with Crippen molar-refractivity contribution >= 4 is 27.7 Å². The topological polar surface area (TPSA) is 63.6 Å². The van der Waals surface area contributed by atoms with Crippen LogP contribution < -0.4 is 5.32 Å². The first-order chi connectivity index (χ1) is 9.58. The Labute approximate surface area is 126 Å². The summed E-state index contributed by atoms with van der Waals surface area (Å²) in [4.78, 5) is 26.1. The van der Waals surface area contributed by atoms with Crippen molar-refractivity contribution in [2.75, 3.05) is 26.8 Å². The molecule has 1 saturated heterocycles. The van der Waals surface area contributed by atoms with Gasteiger partial charge in [0.05, 0.1) is 13.2 Å². The second kappa shape index (κ2) is 6.41. The van der Waals surface area contributed by atoms with Crippen molar-refractivity contribution in [1.29, 1.82) is 0 Å². The molecule has 2 amide bonds. The number of aryl methyl sites for hydroxylation is 1. The van der Waals surface area contributed by atoms with E-state index in [0.717, 1.165) is 4.47 Å². The van der Waals surface area contributed by atoms with Crippen molar-refractivity contribution in [3.05, 3.63) is 22.4 Å². The number of hydrogen-bond acceptors (Lipinski definition) is 3. The van der Waals surface area contributed by atoms with Gasteiger partial charge in [0.1, 0.15) is 11.7 Å². The van der Waals surface area contributed by atoms with Gasteiger partial charge in [-0.2, -0.15) is 0 Å². The minimum Gasteiger partial charge on any atom is -0.377 e. The average molecular weight is 344 g/mol. The highest BCUT2D eigenvalue weighted by molar-refractivity contribution is 9.10. The van der Waals surface area contributed by atoms with Gasteiger partial charge in [-0.05, 0) is 28.9 Å². The summed E-state index contributed by atoms with van der Waals surface area (Å²) in [6.45, 7) is 3.77. The number of nitrogens with zero attached hydrogens (tertiary/aromatic N) is 2. The molecule has 110 valence electrons. The van der Waals surface area contributed by atoms with Gasteiger partial charge in [-0.25, -0.2) is 0 Å². The Morgan fingerprint density at radius 3 is 2.95 bits per heavy atom. The normalized spacial score (nSPS) is 18.9. The van der Waals surface area contributed by atoms with Gasteiger partial charge in [0.25, 0.3) is 5.91 Å². The molecule has 1 aromatic heterocycles. The second-order valence-corrected chi connectivity index (χ2v) is 5.45. The first kappa shape index (κ1) is 15.1. The lowest BCUT2D eigenvalue weighted by molar-refractivity contribution is -0.130. The molecular weight excluding hydrogens is 326 g/mol. The van der Waals surface area contributed by atoms with Gasteiger partial charge >= 0.3 is 0 Å². The monoisotopic (exact) mass is 343 g/mol. The van der Waals surface area contributed by atoms with E-state index in [1.54, 1.807) is 18.0 Å². The maximum atomic E-state index is 12.7. The molecule has 0 aromatic carbocycles. The third-order valence-corrected chi connectivity index (χ3v) is 3.80. The quantitative estimate of drug-likeness (QED) is 0.885. The first-order valence-corrected chi connectivity index (χ1v) is 7.33. The SMILES string of the molecule is CCn1cc(Br)cc1C(=O)N1CCOCC1C(=O)NC. The van der Waals surface area contributed by atoms with E-state index >= 15 is 0 Å². The maximum Gasteiger partial charge on any atom is 0.271 e. The summed E-state index contributed by atoms with van der Waals surface area (Å²) >= 11 is 3.38. The van der Waals surface area contributed by atoms with Crippen molar-refractivity contribution in [1.82, 2.24) is 14.8 Å². The van der Waals surface area contributed by atoms with Crippen LogP contribution in [0.1, 0.15) is 17.4 Å². The number of morpholine rings is 1. The zero-order chi connectivity index (χ0) is 14.7. The van der Waals surface area contributed by atoms with Crippen molar-refractivity contribution in [2.24, 2.45) is 0 Å². The van der Waals surface area contributed by atoms with Crippen molar-refractivity contribution in [3.8, 4) is 0 Å². The zero-order valence-electron chi connectivity index (χ0n) is 11.6. The van der Waals surface area contributed by atoms with E-state index in [1.165, 1.54) is 0 Å². The summed E-state index contributed by atoms with van der Waals surface area (Å²) in [7, 11) is 1.56. The fraction of sp³-hybridized carbons (Fsp3) is 0.538. The summed E-state index contributed by atoms with van der Waals surface area (Å²) < 4.78 is 8.03. The second-order valence-electron chi connectivity index (χ2n) is 4.53. The van der Waals surface area contributed by atoms with Crippen LogP contribution in [0.15, 0.2) is 16.7 Å². The molecule has 6 nitrogen and oxygen atoms in total. The lowest BCUT2D eigenvalue weighted by Crippen LogP contribution is -2.55. The molecule has 7 heteroatoms. The lowest BCUT2D eigenvalue weighted by atomic mass is 10.2. The molecule has 2 rings (SSSR count). The number of carbonyl (C=O) groups excluding carboxylic acids is 2. The van der Waals surface area contributed by atoms with Gasteiger partial charge < -0.3 is 19.5 Å². The largest absolute Gasteiger partial charge is 0.377 e. The van der Waals surface area contributed by atoms with E-state index in [0.29, 0.717) is 25.4 Å². The summed E-state index contributed by atoms with van der Waals surface area (Å²) in [6.07, 6.45) is 1.86. The van der Waals surface area contributed by atoms with Gasteiger partial charge in [0.15, 0.2) is 0 Å². The molecule has 2 heterocycles. The molecule has 0 spiro atoms. The Morgan fingerprint density at radius 2 is 2.30 bits per heavy atom. The molecule has 1 aliphatic rings. The Bertz CT molecular complexity index is 515. The minimum atomic E-state index is -0.569. The van der Waals surface area contributed by atoms with Crippen LogP contribution in [-0.4, -0.2) is 54.1 Å². The van der Waals surface area contributed by atoms with Crippen molar-refractivity contribution in [2.45, 2.75) is 19.5 Å². The highest BCUT2D eigenvalue weighted by Gasteiger charge is 2.33. The predicted octanol–water partition coefficient (Wildman–Crippen LogP) is 0.857. The third-order valence-electron chi connectivity index (χ3n) is 3.36. The molecule has 20 heavy (non-hydrogen) atoms. The number of nitrogens with one attached hydrogen (secondary N) is 1. The van der Waals surface area contributed by atoms with Crippen LogP contribution >= 0.6 is 15.9 Å². The average Bonchev–Trinajstić information content (AvgIpc) is 2.86. The van der Waals surface area contributed by atoms with Crippen LogP contribution in [-0.2, 0) is 16.1 Å². The molecule has 1 atom stereocenters. The molecule has 0 bridgehead atoms. The molecule has 1 fully saturated rings. The van der Waals surface area contributed by atoms with E-state index in [4.69, 9.17) is 4.74 Å². The number of amides is 2. The maximum absolute atomic E-state index is 12.7. The Balaban J connectivity index is 2.27. The Hall–Kier alpha value is -1.34. The highest BCUT2D eigenvalue weighted by Crippen LogP contribution is 2.19. The molecule has 0 saturated carbocycles. The molecule has 1 unspecified atom stereocenters. The van der Waals surface area contributed by atoms with E-state index < -0.39 is 6.04 Å². The first-order valence-electron chi connectivity index (χ1n) is 6.54. The van der Waals surface area contributed by atoms with Crippen LogP contribution in [0, 0.1) is 0 Å². The van der Waals surface area contributed by atoms with Crippen LogP contribution in [0.3, 0.4) is 0 Å². The molecule has 1 aliphatic heterocycles. The van der Waals surface area contributed by atoms with Crippen LogP contribution in [0.2, 0.25) is 0 Å². The summed E-state index contributed by atoms with van der Waals surface area (Å²) in [5.41, 5.74) is 0.579. The Kier molecular flexibility index (Phi) is 4.82. The van der Waals surface area contributed by atoms with Crippen LogP contribution in [0.5, 0.6) is 0 Å². The molecule has 1 N–H and O–H groups in total. The number of aromatic nitrogens is 1. The fourth-order valence-corrected chi connectivity index (χ4v) is 2.76. The molecule has 0 aliphatic carbocycles. The molecule has 0 radical (unpaired) electrons. The number of halogens is 1.